The maximum Gasteiger partial charge on any atom is 0.307 e. The Bertz CT molecular complexity index is 679. The van der Waals surface area contributed by atoms with Crippen LogP contribution in [0.25, 0.3) is 0 Å². The molecule has 0 amide bonds. The Kier molecular flexibility index (Phi) is 5.09. The molecule has 0 fully saturated rings. The topological polar surface area (TPSA) is 46.5 Å². The third kappa shape index (κ3) is 4.85. The number of hydrogen-bond acceptors (Lipinski definition) is 2. The van der Waals surface area contributed by atoms with Crippen molar-refractivity contribution >= 4 is 5.97 Å². The van der Waals surface area contributed by atoms with Gasteiger partial charge in [-0.2, -0.15) is 0 Å². The van der Waals surface area contributed by atoms with Gasteiger partial charge in [0, 0.05) is 0 Å². The van der Waals surface area contributed by atoms with E-state index in [1.54, 1.807) is 0 Å². The molecule has 122 valence electrons. The number of hydrogen-bond donors (Lipinski definition) is 1. The van der Waals surface area contributed by atoms with Gasteiger partial charge in [0.05, 0.1) is 6.42 Å². The monoisotopic (exact) mass is 312 g/mol. The summed E-state index contributed by atoms with van der Waals surface area (Å²) in [5.41, 5.74) is 4.26. The first-order valence-corrected chi connectivity index (χ1v) is 7.79. The average molecular weight is 312 g/mol. The maximum absolute atomic E-state index is 10.7. The van der Waals surface area contributed by atoms with Gasteiger partial charge in [-0.1, -0.05) is 62.7 Å². The average Bonchev–Trinajstić information content (AvgIpc) is 2.46. The van der Waals surface area contributed by atoms with Crippen LogP contribution in [0.4, 0.5) is 0 Å². The first-order valence-electron chi connectivity index (χ1n) is 7.79. The number of ether oxygens (including phenoxy) is 1. The van der Waals surface area contributed by atoms with Gasteiger partial charge in [-0.15, -0.1) is 0 Å². The molecule has 2 aromatic rings. The molecule has 0 bridgehead atoms. The van der Waals surface area contributed by atoms with Crippen molar-refractivity contribution in [2.45, 2.75) is 46.1 Å². The van der Waals surface area contributed by atoms with E-state index in [0.29, 0.717) is 6.61 Å². The molecule has 3 nitrogen and oxygen atoms in total. The molecule has 23 heavy (non-hydrogen) atoms. The SMILES string of the molecule is Cc1ccc(OCc2ccc(CC(=O)O)cc2)c(C(C)(C)C)c1. The van der Waals surface area contributed by atoms with Crippen LogP contribution >= 0.6 is 0 Å². The van der Waals surface area contributed by atoms with Crippen molar-refractivity contribution in [1.82, 2.24) is 0 Å². The van der Waals surface area contributed by atoms with E-state index in [1.807, 2.05) is 30.3 Å². The van der Waals surface area contributed by atoms with Gasteiger partial charge < -0.3 is 9.84 Å². The fraction of sp³-hybridized carbons (Fsp3) is 0.350. The highest BCUT2D eigenvalue weighted by atomic mass is 16.5. The lowest BCUT2D eigenvalue weighted by atomic mass is 9.85. The van der Waals surface area contributed by atoms with Crippen molar-refractivity contribution in [1.29, 1.82) is 0 Å². The second-order valence-electron chi connectivity index (χ2n) is 6.93. The molecule has 0 atom stereocenters. The van der Waals surface area contributed by atoms with Crippen LogP contribution in [-0.2, 0) is 23.2 Å². The van der Waals surface area contributed by atoms with E-state index in [0.717, 1.165) is 16.9 Å². The lowest BCUT2D eigenvalue weighted by Gasteiger charge is -2.23. The summed E-state index contributed by atoms with van der Waals surface area (Å²) < 4.78 is 6.01. The van der Waals surface area contributed by atoms with Gasteiger partial charge in [0.2, 0.25) is 0 Å². The van der Waals surface area contributed by atoms with Crippen LogP contribution < -0.4 is 4.74 Å². The van der Waals surface area contributed by atoms with Gasteiger partial charge in [0.15, 0.2) is 0 Å². The molecule has 0 saturated carbocycles. The van der Waals surface area contributed by atoms with Gasteiger partial charge in [-0.05, 0) is 35.1 Å². The Balaban J connectivity index is 2.10. The molecule has 0 aliphatic carbocycles. The van der Waals surface area contributed by atoms with Gasteiger partial charge in [0.1, 0.15) is 12.4 Å². The normalized spacial score (nSPS) is 11.3. The van der Waals surface area contributed by atoms with Crippen molar-refractivity contribution in [3.8, 4) is 5.75 Å². The molecule has 2 aromatic carbocycles. The molecule has 2 rings (SSSR count). The first-order chi connectivity index (χ1) is 10.8. The number of rotatable bonds is 5. The minimum Gasteiger partial charge on any atom is -0.489 e. The van der Waals surface area contributed by atoms with Crippen molar-refractivity contribution in [2.75, 3.05) is 0 Å². The Hall–Kier alpha value is -2.29. The molecule has 0 aromatic heterocycles. The van der Waals surface area contributed by atoms with Crippen molar-refractivity contribution in [3.63, 3.8) is 0 Å². The number of benzene rings is 2. The quantitative estimate of drug-likeness (QED) is 0.884. The van der Waals surface area contributed by atoms with E-state index >= 15 is 0 Å². The van der Waals surface area contributed by atoms with E-state index < -0.39 is 5.97 Å². The first kappa shape index (κ1) is 17.1. The van der Waals surface area contributed by atoms with E-state index in [9.17, 15) is 4.79 Å². The zero-order valence-corrected chi connectivity index (χ0v) is 14.2. The Morgan fingerprint density at radius 2 is 1.65 bits per heavy atom. The number of carboxylic acids is 1. The second-order valence-corrected chi connectivity index (χ2v) is 6.93. The minimum absolute atomic E-state index is 0.0205. The summed E-state index contributed by atoms with van der Waals surface area (Å²) in [7, 11) is 0. The summed E-state index contributed by atoms with van der Waals surface area (Å²) in [4.78, 5) is 10.7. The highest BCUT2D eigenvalue weighted by Gasteiger charge is 2.19. The highest BCUT2D eigenvalue weighted by molar-refractivity contribution is 5.70. The van der Waals surface area contributed by atoms with Gasteiger partial charge in [-0.3, -0.25) is 4.79 Å². The Morgan fingerprint density at radius 3 is 2.22 bits per heavy atom. The van der Waals surface area contributed by atoms with Crippen LogP contribution in [0.15, 0.2) is 42.5 Å². The number of aryl methyl sites for hydroxylation is 1. The van der Waals surface area contributed by atoms with Crippen molar-refractivity contribution < 1.29 is 14.6 Å². The zero-order chi connectivity index (χ0) is 17.0. The van der Waals surface area contributed by atoms with Crippen LogP contribution in [-0.4, -0.2) is 11.1 Å². The van der Waals surface area contributed by atoms with Crippen LogP contribution in [0.5, 0.6) is 5.75 Å². The third-order valence-corrected chi connectivity index (χ3v) is 3.72. The Morgan fingerprint density at radius 1 is 1.04 bits per heavy atom. The van der Waals surface area contributed by atoms with E-state index in [2.05, 4.69) is 39.8 Å². The fourth-order valence-corrected chi connectivity index (χ4v) is 2.44. The molecule has 1 N–H and O–H groups in total. The second kappa shape index (κ2) is 6.86. The van der Waals surface area contributed by atoms with E-state index in [1.165, 1.54) is 11.1 Å². The summed E-state index contributed by atoms with van der Waals surface area (Å²) in [5.74, 6) is 0.0844. The van der Waals surface area contributed by atoms with Gasteiger partial charge in [-0.25, -0.2) is 0 Å². The Labute approximate surface area is 137 Å². The standard InChI is InChI=1S/C20H24O3/c1-14-5-10-18(17(11-14)20(2,3)4)23-13-16-8-6-15(7-9-16)12-19(21)22/h5-11H,12-13H2,1-4H3,(H,21,22). The van der Waals surface area contributed by atoms with Crippen LogP contribution in [0.2, 0.25) is 0 Å². The smallest absolute Gasteiger partial charge is 0.307 e. The molecule has 0 spiro atoms. The van der Waals surface area contributed by atoms with Crippen LogP contribution in [0.3, 0.4) is 0 Å². The molecule has 0 unspecified atom stereocenters. The lowest BCUT2D eigenvalue weighted by molar-refractivity contribution is -0.136. The summed E-state index contributed by atoms with van der Waals surface area (Å²) in [6.45, 7) is 9.08. The number of carboxylic acid groups (broad SMARTS) is 1. The van der Waals surface area contributed by atoms with Gasteiger partial charge >= 0.3 is 5.97 Å². The lowest BCUT2D eigenvalue weighted by Crippen LogP contribution is -2.13. The van der Waals surface area contributed by atoms with Crippen molar-refractivity contribution in [2.24, 2.45) is 0 Å². The van der Waals surface area contributed by atoms with E-state index in [-0.39, 0.29) is 11.8 Å². The summed E-state index contributed by atoms with van der Waals surface area (Å²) in [6, 6.07) is 13.8. The molecule has 0 aliphatic heterocycles. The molecule has 0 saturated heterocycles. The van der Waals surface area contributed by atoms with Crippen molar-refractivity contribution in [3.05, 3.63) is 64.7 Å². The van der Waals surface area contributed by atoms with Crippen LogP contribution in [0, 0.1) is 6.92 Å². The molecular weight excluding hydrogens is 288 g/mol. The molecule has 3 heteroatoms. The fourth-order valence-electron chi connectivity index (χ4n) is 2.44. The summed E-state index contributed by atoms with van der Waals surface area (Å²) in [6.07, 6.45) is 0.0489. The van der Waals surface area contributed by atoms with Gasteiger partial charge in [0.25, 0.3) is 0 Å². The van der Waals surface area contributed by atoms with E-state index in [4.69, 9.17) is 9.84 Å². The summed E-state index contributed by atoms with van der Waals surface area (Å²) >= 11 is 0. The molecule has 0 radical (unpaired) electrons. The maximum atomic E-state index is 10.7. The number of carbonyl (C=O) groups is 1. The predicted octanol–water partition coefficient (Wildman–Crippen LogP) is 4.50. The molecular formula is C20H24O3. The summed E-state index contributed by atoms with van der Waals surface area (Å²) in [5, 5.41) is 8.79. The molecule has 0 aliphatic rings. The predicted molar refractivity (Wildman–Crippen MR) is 92.0 cm³/mol. The molecule has 0 heterocycles. The highest BCUT2D eigenvalue weighted by Crippen LogP contribution is 2.32. The third-order valence-electron chi connectivity index (χ3n) is 3.72. The largest absolute Gasteiger partial charge is 0.489 e. The number of aliphatic carboxylic acids is 1. The minimum atomic E-state index is -0.816. The van der Waals surface area contributed by atoms with Crippen LogP contribution in [0.1, 0.15) is 43.0 Å². The zero-order valence-electron chi connectivity index (χ0n) is 14.2.